The van der Waals surface area contributed by atoms with Gasteiger partial charge in [-0.3, -0.25) is 4.79 Å². The van der Waals surface area contributed by atoms with Crippen molar-refractivity contribution in [1.29, 1.82) is 0 Å². The molecular weight excluding hydrogens is 236 g/mol. The SMILES string of the molecule is C=CCC[C@@H](C#CCCc1ccccc1)OC(C)=O. The molecule has 0 N–H and O–H groups in total. The van der Waals surface area contributed by atoms with Crippen molar-refractivity contribution in [2.75, 3.05) is 0 Å². The van der Waals surface area contributed by atoms with E-state index < -0.39 is 0 Å². The number of carbonyl (C=O) groups excluding carboxylic acids is 1. The van der Waals surface area contributed by atoms with Gasteiger partial charge in [-0.15, -0.1) is 6.58 Å². The second kappa shape index (κ2) is 8.99. The van der Waals surface area contributed by atoms with E-state index in [9.17, 15) is 4.79 Å². The minimum atomic E-state index is -0.314. The number of hydrogen-bond donors (Lipinski definition) is 0. The second-order valence-corrected chi connectivity index (χ2v) is 4.27. The average molecular weight is 256 g/mol. The maximum atomic E-state index is 11.0. The molecule has 0 aliphatic rings. The van der Waals surface area contributed by atoms with E-state index in [1.165, 1.54) is 12.5 Å². The summed E-state index contributed by atoms with van der Waals surface area (Å²) in [4.78, 5) is 11.0. The number of carbonyl (C=O) groups is 1. The van der Waals surface area contributed by atoms with E-state index in [2.05, 4.69) is 30.6 Å². The molecule has 0 radical (unpaired) electrons. The lowest BCUT2D eigenvalue weighted by Crippen LogP contribution is -2.13. The third kappa shape index (κ3) is 7.10. The van der Waals surface area contributed by atoms with Crippen molar-refractivity contribution < 1.29 is 9.53 Å². The van der Waals surface area contributed by atoms with Crippen LogP contribution in [-0.2, 0) is 16.0 Å². The molecule has 100 valence electrons. The van der Waals surface area contributed by atoms with Crippen LogP contribution >= 0.6 is 0 Å². The lowest BCUT2D eigenvalue weighted by molar-refractivity contribution is -0.143. The van der Waals surface area contributed by atoms with Gasteiger partial charge in [-0.25, -0.2) is 0 Å². The maximum absolute atomic E-state index is 11.0. The summed E-state index contributed by atoms with van der Waals surface area (Å²) in [5, 5.41) is 0. The molecule has 1 aromatic rings. The van der Waals surface area contributed by atoms with Crippen LogP contribution in [0.4, 0.5) is 0 Å². The first kappa shape index (κ1) is 15.0. The molecule has 19 heavy (non-hydrogen) atoms. The molecule has 0 aliphatic carbocycles. The Labute approximate surface area is 115 Å². The molecule has 2 nitrogen and oxygen atoms in total. The van der Waals surface area contributed by atoms with Crippen LogP contribution in [0.1, 0.15) is 31.7 Å². The van der Waals surface area contributed by atoms with Gasteiger partial charge in [-0.1, -0.05) is 48.2 Å². The normalized spacial score (nSPS) is 11.0. The summed E-state index contributed by atoms with van der Waals surface area (Å²) >= 11 is 0. The van der Waals surface area contributed by atoms with Gasteiger partial charge >= 0.3 is 5.97 Å². The average Bonchev–Trinajstić information content (AvgIpc) is 2.41. The molecule has 0 spiro atoms. The number of rotatable bonds is 6. The van der Waals surface area contributed by atoms with E-state index in [0.29, 0.717) is 6.42 Å². The Morgan fingerprint density at radius 1 is 1.42 bits per heavy atom. The number of allylic oxidation sites excluding steroid dienone is 1. The van der Waals surface area contributed by atoms with E-state index in [1.807, 2.05) is 24.3 Å². The molecule has 0 bridgehead atoms. The highest BCUT2D eigenvalue weighted by Gasteiger charge is 2.06. The highest BCUT2D eigenvalue weighted by atomic mass is 16.5. The fourth-order valence-corrected chi connectivity index (χ4v) is 1.67. The molecule has 0 saturated heterocycles. The molecule has 0 amide bonds. The summed E-state index contributed by atoms with van der Waals surface area (Å²) in [5.74, 6) is 5.82. The highest BCUT2D eigenvalue weighted by molar-refractivity contribution is 5.66. The molecule has 1 aromatic carbocycles. The zero-order valence-electron chi connectivity index (χ0n) is 11.4. The highest BCUT2D eigenvalue weighted by Crippen LogP contribution is 2.04. The smallest absolute Gasteiger partial charge is 0.303 e. The van der Waals surface area contributed by atoms with Crippen molar-refractivity contribution in [1.82, 2.24) is 0 Å². The Morgan fingerprint density at radius 2 is 2.16 bits per heavy atom. The fourth-order valence-electron chi connectivity index (χ4n) is 1.67. The van der Waals surface area contributed by atoms with Crippen LogP contribution in [0.3, 0.4) is 0 Å². The van der Waals surface area contributed by atoms with Crippen molar-refractivity contribution in [2.45, 2.75) is 38.7 Å². The monoisotopic (exact) mass is 256 g/mol. The van der Waals surface area contributed by atoms with Gasteiger partial charge in [0.25, 0.3) is 0 Å². The molecular formula is C17H20O2. The molecule has 0 heterocycles. The molecule has 1 atom stereocenters. The van der Waals surface area contributed by atoms with Gasteiger partial charge in [0.05, 0.1) is 0 Å². The molecule has 0 aromatic heterocycles. The van der Waals surface area contributed by atoms with Gasteiger partial charge in [-0.05, 0) is 24.8 Å². The third-order valence-electron chi connectivity index (χ3n) is 2.59. The third-order valence-corrected chi connectivity index (χ3v) is 2.59. The van der Waals surface area contributed by atoms with Crippen molar-refractivity contribution in [3.05, 3.63) is 48.6 Å². The van der Waals surface area contributed by atoms with Gasteiger partial charge in [0.15, 0.2) is 6.10 Å². The quantitative estimate of drug-likeness (QED) is 0.442. The topological polar surface area (TPSA) is 26.3 Å². The minimum Gasteiger partial charge on any atom is -0.449 e. The lowest BCUT2D eigenvalue weighted by Gasteiger charge is -2.09. The zero-order valence-corrected chi connectivity index (χ0v) is 11.4. The Hall–Kier alpha value is -2.01. The van der Waals surface area contributed by atoms with Crippen LogP contribution in [0.25, 0.3) is 0 Å². The van der Waals surface area contributed by atoms with Crippen LogP contribution < -0.4 is 0 Å². The molecule has 1 rings (SSSR count). The van der Waals surface area contributed by atoms with Gasteiger partial charge in [0, 0.05) is 13.3 Å². The minimum absolute atomic E-state index is 0.286. The van der Waals surface area contributed by atoms with E-state index in [0.717, 1.165) is 19.3 Å². The summed E-state index contributed by atoms with van der Waals surface area (Å²) < 4.78 is 5.14. The van der Waals surface area contributed by atoms with Crippen molar-refractivity contribution >= 4 is 5.97 Å². The predicted octanol–water partition coefficient (Wildman–Crippen LogP) is 3.52. The summed E-state index contributed by atoms with van der Waals surface area (Å²) in [6, 6.07) is 10.2. The second-order valence-electron chi connectivity index (χ2n) is 4.27. The Morgan fingerprint density at radius 3 is 2.79 bits per heavy atom. The standard InChI is InChI=1S/C17H20O2/c1-3-4-13-17(19-15(2)18)14-9-8-12-16-10-6-5-7-11-16/h3,5-7,10-11,17H,1,4,8,12-13H2,2H3/t17-/m0/s1. The number of hydrogen-bond acceptors (Lipinski definition) is 2. The Kier molecular flexibility index (Phi) is 7.12. The van der Waals surface area contributed by atoms with E-state index in [4.69, 9.17) is 4.74 Å². The number of benzene rings is 1. The first-order valence-electron chi connectivity index (χ1n) is 6.53. The lowest BCUT2D eigenvalue weighted by atomic mass is 10.1. The van der Waals surface area contributed by atoms with Gasteiger partial charge in [0.2, 0.25) is 0 Å². The maximum Gasteiger partial charge on any atom is 0.303 e. The molecule has 0 aliphatic heterocycles. The molecule has 0 saturated carbocycles. The summed E-state index contributed by atoms with van der Waals surface area (Å²) in [6.07, 6.45) is 4.69. The number of aryl methyl sites for hydroxylation is 1. The van der Waals surface area contributed by atoms with Crippen LogP contribution in [0.5, 0.6) is 0 Å². The van der Waals surface area contributed by atoms with Gasteiger partial charge in [-0.2, -0.15) is 0 Å². The summed E-state index contributed by atoms with van der Waals surface area (Å²) in [7, 11) is 0. The number of ether oxygens (including phenoxy) is 1. The molecule has 2 heteroatoms. The van der Waals surface area contributed by atoms with Gasteiger partial charge < -0.3 is 4.74 Å². The number of esters is 1. The molecule has 0 unspecified atom stereocenters. The van der Waals surface area contributed by atoms with Crippen molar-refractivity contribution in [3.63, 3.8) is 0 Å². The van der Waals surface area contributed by atoms with E-state index in [-0.39, 0.29) is 12.1 Å². The van der Waals surface area contributed by atoms with Crippen LogP contribution in [0.15, 0.2) is 43.0 Å². The van der Waals surface area contributed by atoms with Crippen LogP contribution in [0.2, 0.25) is 0 Å². The van der Waals surface area contributed by atoms with Crippen LogP contribution in [-0.4, -0.2) is 12.1 Å². The first-order chi connectivity index (χ1) is 9.22. The Bertz CT molecular complexity index is 451. The first-order valence-corrected chi connectivity index (χ1v) is 6.53. The summed E-state index contributed by atoms with van der Waals surface area (Å²) in [5.41, 5.74) is 1.27. The van der Waals surface area contributed by atoms with Crippen LogP contribution in [0, 0.1) is 11.8 Å². The van der Waals surface area contributed by atoms with E-state index in [1.54, 1.807) is 0 Å². The fraction of sp³-hybridized carbons (Fsp3) is 0.353. The van der Waals surface area contributed by atoms with E-state index >= 15 is 0 Å². The van der Waals surface area contributed by atoms with Crippen molar-refractivity contribution in [3.8, 4) is 11.8 Å². The summed E-state index contributed by atoms with van der Waals surface area (Å²) in [6.45, 7) is 5.07. The van der Waals surface area contributed by atoms with Gasteiger partial charge in [0.1, 0.15) is 0 Å². The largest absolute Gasteiger partial charge is 0.449 e. The zero-order chi connectivity index (χ0) is 13.9. The van der Waals surface area contributed by atoms with Crippen molar-refractivity contribution in [2.24, 2.45) is 0 Å². The molecule has 0 fully saturated rings. The Balaban J connectivity index is 2.43. The predicted molar refractivity (Wildman–Crippen MR) is 77.5 cm³/mol.